The number of aromatic nitrogens is 1. The minimum Gasteiger partial charge on any atom is -0.311 e. The first-order valence-electron chi connectivity index (χ1n) is 22.0. The predicted molar refractivity (Wildman–Crippen MR) is 255 cm³/mol. The number of rotatable bonds is 8. The highest BCUT2D eigenvalue weighted by Crippen LogP contribution is 2.55. The molecule has 2 saturated carbocycles. The van der Waals surface area contributed by atoms with Gasteiger partial charge in [-0.15, -0.1) is 0 Å². The van der Waals surface area contributed by atoms with E-state index in [1.807, 2.05) is 0 Å². The molecular formula is C59H46N2. The SMILES string of the molecule is C1#C[C@H]2CC3C[C@H]1CC(c1ccc(N(c4ccc(-c5cccc(-c6ccccc6)c5)cc4)c4ccc(-c5ccccc5-n5c6ccccc6c6ccccc65)cc4)cc1)(C3)C2. The third kappa shape index (κ3) is 6.27. The quantitative estimate of drug-likeness (QED) is 0.139. The van der Waals surface area contributed by atoms with Crippen molar-refractivity contribution in [3.63, 3.8) is 0 Å². The van der Waals surface area contributed by atoms with Crippen LogP contribution in [0.25, 0.3) is 60.9 Å². The summed E-state index contributed by atoms with van der Waals surface area (Å²) in [6.07, 6.45) is 6.31. The summed E-state index contributed by atoms with van der Waals surface area (Å²) in [5.41, 5.74) is 16.0. The first kappa shape index (κ1) is 35.8. The van der Waals surface area contributed by atoms with E-state index in [1.165, 1.54) is 104 Å². The van der Waals surface area contributed by atoms with E-state index in [2.05, 4.69) is 221 Å². The van der Waals surface area contributed by atoms with E-state index >= 15 is 0 Å². The molecule has 13 rings (SSSR count). The summed E-state index contributed by atoms with van der Waals surface area (Å²) in [7, 11) is 0. The molecule has 0 radical (unpaired) electrons. The fourth-order valence-electron chi connectivity index (χ4n) is 11.4. The van der Waals surface area contributed by atoms with E-state index in [-0.39, 0.29) is 5.41 Å². The Bertz CT molecular complexity index is 3050. The Kier molecular flexibility index (Phi) is 8.56. The van der Waals surface area contributed by atoms with Crippen molar-refractivity contribution in [1.82, 2.24) is 4.57 Å². The largest absolute Gasteiger partial charge is 0.311 e. The molecule has 8 aromatic carbocycles. The molecule has 2 fully saturated rings. The highest BCUT2D eigenvalue weighted by molar-refractivity contribution is 6.09. The van der Waals surface area contributed by atoms with Gasteiger partial charge in [-0.05, 0) is 137 Å². The van der Waals surface area contributed by atoms with Crippen molar-refractivity contribution in [2.24, 2.45) is 17.8 Å². The molecular weight excluding hydrogens is 737 g/mol. The summed E-state index contributed by atoms with van der Waals surface area (Å²) in [5.74, 6) is 9.26. The van der Waals surface area contributed by atoms with E-state index in [0.717, 1.165) is 17.3 Å². The van der Waals surface area contributed by atoms with Crippen LogP contribution in [0.5, 0.6) is 0 Å². The zero-order chi connectivity index (χ0) is 40.3. The van der Waals surface area contributed by atoms with Crippen molar-refractivity contribution in [1.29, 1.82) is 0 Å². The zero-order valence-electron chi connectivity index (χ0n) is 34.2. The Morgan fingerprint density at radius 2 is 0.918 bits per heavy atom. The van der Waals surface area contributed by atoms with Crippen LogP contribution in [-0.4, -0.2) is 4.57 Å². The third-order valence-corrected chi connectivity index (χ3v) is 14.0. The smallest absolute Gasteiger partial charge is 0.0541 e. The molecule has 4 aliphatic rings. The van der Waals surface area contributed by atoms with Gasteiger partial charge in [0.05, 0.1) is 16.7 Å². The fraction of sp³-hybridized carbons (Fsp3) is 0.153. The molecule has 0 spiro atoms. The number of anilines is 3. The van der Waals surface area contributed by atoms with Gasteiger partial charge in [0.2, 0.25) is 0 Å². The lowest BCUT2D eigenvalue weighted by atomic mass is 9.55. The number of hydrogen-bond acceptors (Lipinski definition) is 1. The summed E-state index contributed by atoms with van der Waals surface area (Å²) in [6, 6.07) is 73.8. The van der Waals surface area contributed by atoms with Gasteiger partial charge in [0.25, 0.3) is 0 Å². The van der Waals surface area contributed by atoms with Crippen LogP contribution in [0.4, 0.5) is 17.1 Å². The standard InChI is InChI=1S/C59H46N2/c1-2-11-44(12-3-1)47-13-10-14-48(37-47)45-23-29-50(30-24-45)60(52-33-27-49(28-34-52)59-38-41-21-22-42(39-59)36-43(35-41)40-59)51-31-25-46(26-32-51)53-15-4-7-18-56(53)61-57-19-8-5-16-54(57)55-17-6-9-20-58(55)61/h1-20,23-34,37,41-43H,35-36,38-40H2/t41-,42-,43?,59?/m0/s1. The molecule has 292 valence electrons. The Morgan fingerprint density at radius 1 is 0.426 bits per heavy atom. The van der Waals surface area contributed by atoms with Gasteiger partial charge in [0.15, 0.2) is 0 Å². The van der Waals surface area contributed by atoms with Crippen molar-refractivity contribution in [2.45, 2.75) is 37.5 Å². The van der Waals surface area contributed by atoms with Crippen molar-refractivity contribution < 1.29 is 0 Å². The van der Waals surface area contributed by atoms with E-state index < -0.39 is 0 Å². The monoisotopic (exact) mass is 782 g/mol. The summed E-state index contributed by atoms with van der Waals surface area (Å²) >= 11 is 0. The van der Waals surface area contributed by atoms with E-state index in [0.29, 0.717) is 11.8 Å². The fourth-order valence-corrected chi connectivity index (χ4v) is 11.4. The van der Waals surface area contributed by atoms with Crippen molar-refractivity contribution in [3.05, 3.63) is 206 Å². The molecule has 4 aliphatic carbocycles. The van der Waals surface area contributed by atoms with Crippen molar-refractivity contribution in [2.75, 3.05) is 4.90 Å². The van der Waals surface area contributed by atoms with Gasteiger partial charge in [0.1, 0.15) is 0 Å². The van der Waals surface area contributed by atoms with Crippen LogP contribution in [0, 0.1) is 29.6 Å². The maximum absolute atomic E-state index is 3.68. The average Bonchev–Trinajstić information content (AvgIpc) is 3.50. The normalized spacial score (nSPS) is 20.0. The summed E-state index contributed by atoms with van der Waals surface area (Å²) in [6.45, 7) is 0. The molecule has 0 N–H and O–H groups in total. The van der Waals surface area contributed by atoms with Crippen LogP contribution >= 0.6 is 0 Å². The number of benzene rings is 8. The van der Waals surface area contributed by atoms with E-state index in [4.69, 9.17) is 0 Å². The van der Waals surface area contributed by atoms with Gasteiger partial charge in [-0.1, -0.05) is 151 Å². The van der Waals surface area contributed by atoms with Crippen LogP contribution in [0.1, 0.15) is 37.7 Å². The minimum atomic E-state index is 0.234. The first-order valence-corrected chi connectivity index (χ1v) is 22.0. The van der Waals surface area contributed by atoms with Crippen LogP contribution in [0.15, 0.2) is 200 Å². The number of para-hydroxylation sites is 3. The predicted octanol–water partition coefficient (Wildman–Crippen LogP) is 15.3. The van der Waals surface area contributed by atoms with Gasteiger partial charge in [-0.2, -0.15) is 0 Å². The van der Waals surface area contributed by atoms with Crippen molar-refractivity contribution >= 4 is 38.9 Å². The zero-order valence-corrected chi connectivity index (χ0v) is 34.2. The third-order valence-electron chi connectivity index (χ3n) is 14.0. The Labute approximate surface area is 358 Å². The molecule has 0 unspecified atom stereocenters. The molecule has 1 heterocycles. The second-order valence-corrected chi connectivity index (χ2v) is 17.7. The average molecular weight is 783 g/mol. The molecule has 0 amide bonds. The molecule has 4 bridgehead atoms. The molecule has 2 heteroatoms. The van der Waals surface area contributed by atoms with E-state index in [9.17, 15) is 0 Å². The molecule has 61 heavy (non-hydrogen) atoms. The second kappa shape index (κ2) is 14.6. The topological polar surface area (TPSA) is 8.17 Å². The summed E-state index contributed by atoms with van der Waals surface area (Å²) in [5, 5.41) is 2.54. The summed E-state index contributed by atoms with van der Waals surface area (Å²) in [4.78, 5) is 2.42. The highest BCUT2D eigenvalue weighted by atomic mass is 15.1. The Balaban J connectivity index is 0.927. The molecule has 0 aliphatic heterocycles. The summed E-state index contributed by atoms with van der Waals surface area (Å²) < 4.78 is 2.43. The Hall–Kier alpha value is -7.08. The number of nitrogens with zero attached hydrogens (tertiary/aromatic N) is 2. The number of hydrogen-bond donors (Lipinski definition) is 0. The minimum absolute atomic E-state index is 0.234. The first-order chi connectivity index (χ1) is 30.2. The maximum atomic E-state index is 3.68. The molecule has 9 aromatic rings. The van der Waals surface area contributed by atoms with Gasteiger partial charge in [-0.25, -0.2) is 0 Å². The van der Waals surface area contributed by atoms with Gasteiger partial charge in [-0.3, -0.25) is 0 Å². The molecule has 2 atom stereocenters. The second-order valence-electron chi connectivity index (χ2n) is 17.7. The van der Waals surface area contributed by atoms with E-state index in [1.54, 1.807) is 0 Å². The molecule has 2 nitrogen and oxygen atoms in total. The lowest BCUT2D eigenvalue weighted by Crippen LogP contribution is -2.41. The van der Waals surface area contributed by atoms with Crippen LogP contribution in [-0.2, 0) is 5.41 Å². The van der Waals surface area contributed by atoms with Crippen LogP contribution < -0.4 is 4.90 Å². The van der Waals surface area contributed by atoms with Gasteiger partial charge >= 0.3 is 0 Å². The molecule has 0 saturated heterocycles. The highest BCUT2D eigenvalue weighted by Gasteiger charge is 2.48. The van der Waals surface area contributed by atoms with Gasteiger partial charge in [0, 0.05) is 45.2 Å². The maximum Gasteiger partial charge on any atom is 0.0541 e. The Morgan fingerprint density at radius 3 is 1.54 bits per heavy atom. The lowest BCUT2D eigenvalue weighted by Gasteiger charge is -2.48. The number of fused-ring (bicyclic) bond motifs is 3. The lowest BCUT2D eigenvalue weighted by molar-refractivity contribution is 0.109. The van der Waals surface area contributed by atoms with Crippen LogP contribution in [0.2, 0.25) is 0 Å². The van der Waals surface area contributed by atoms with Gasteiger partial charge < -0.3 is 9.47 Å². The van der Waals surface area contributed by atoms with Crippen LogP contribution in [0.3, 0.4) is 0 Å². The van der Waals surface area contributed by atoms with Crippen molar-refractivity contribution in [3.8, 4) is 50.9 Å². The molecule has 1 aromatic heterocycles.